The quantitative estimate of drug-likeness (QED) is 0.615. The van der Waals surface area contributed by atoms with Gasteiger partial charge in [-0.2, -0.15) is 0 Å². The van der Waals surface area contributed by atoms with Crippen LogP contribution in [0.1, 0.15) is 12.5 Å². The topological polar surface area (TPSA) is 46.5 Å². The number of hydrogen-bond acceptors (Lipinski definition) is 3. The predicted octanol–water partition coefficient (Wildman–Crippen LogP) is 2.46. The summed E-state index contributed by atoms with van der Waals surface area (Å²) in [6.07, 6.45) is 0. The van der Waals surface area contributed by atoms with Crippen LogP contribution in [-0.2, 0) is 9.53 Å². The third-order valence-electron chi connectivity index (χ3n) is 2.48. The van der Waals surface area contributed by atoms with Gasteiger partial charge in [0, 0.05) is 11.3 Å². The number of ether oxygens (including phenoxy) is 1. The summed E-state index contributed by atoms with van der Waals surface area (Å²) < 4.78 is 4.70. The van der Waals surface area contributed by atoms with Gasteiger partial charge in [0.25, 0.3) is 0 Å². The number of carbonyl (C=O) groups excluding carboxylic acids is 1. The fourth-order valence-corrected chi connectivity index (χ4v) is 1.64. The highest BCUT2D eigenvalue weighted by atomic mass is 16.5. The summed E-state index contributed by atoms with van der Waals surface area (Å²) in [5, 5.41) is 11.7. The Hall–Kier alpha value is -2.47. The van der Waals surface area contributed by atoms with E-state index in [1.807, 2.05) is 24.3 Å². The van der Waals surface area contributed by atoms with Crippen molar-refractivity contribution in [1.82, 2.24) is 0 Å². The maximum atomic E-state index is 11.1. The molecule has 1 N–H and O–H groups in total. The van der Waals surface area contributed by atoms with Crippen LogP contribution in [0.25, 0.3) is 10.8 Å². The molecule has 3 nitrogen and oxygen atoms in total. The van der Waals surface area contributed by atoms with E-state index in [0.717, 1.165) is 5.39 Å². The Morgan fingerprint density at radius 2 is 2.06 bits per heavy atom. The van der Waals surface area contributed by atoms with Gasteiger partial charge in [0.15, 0.2) is 0 Å². The molecule has 0 saturated heterocycles. The first-order valence-corrected chi connectivity index (χ1v) is 5.62. The Bertz CT molecular complexity index is 648. The van der Waals surface area contributed by atoms with E-state index < -0.39 is 5.97 Å². The molecule has 2 aromatic rings. The minimum absolute atomic E-state index is 0.0879. The smallest absolute Gasteiger partial charge is 0.384 e. The molecule has 0 saturated carbocycles. The van der Waals surface area contributed by atoms with Crippen LogP contribution < -0.4 is 0 Å². The molecule has 0 aliphatic rings. The largest absolute Gasteiger partial charge is 0.506 e. The van der Waals surface area contributed by atoms with Crippen LogP contribution in [0.5, 0.6) is 5.75 Å². The SMILES string of the molecule is CCOC(=O)C#Cc1ccc2ccccc2c1O. The summed E-state index contributed by atoms with van der Waals surface area (Å²) in [6.45, 7) is 2.00. The predicted molar refractivity (Wildman–Crippen MR) is 69.1 cm³/mol. The zero-order valence-electron chi connectivity index (χ0n) is 9.93. The number of esters is 1. The third-order valence-corrected chi connectivity index (χ3v) is 2.48. The highest BCUT2D eigenvalue weighted by Gasteiger charge is 2.03. The van der Waals surface area contributed by atoms with Gasteiger partial charge >= 0.3 is 5.97 Å². The van der Waals surface area contributed by atoms with Gasteiger partial charge in [-0.15, -0.1) is 0 Å². The van der Waals surface area contributed by atoms with Gasteiger partial charge < -0.3 is 9.84 Å². The normalized spacial score (nSPS) is 9.61. The molecule has 0 bridgehead atoms. The third kappa shape index (κ3) is 2.44. The number of aromatic hydroxyl groups is 1. The standard InChI is InChI=1S/C15H12O3/c1-2-18-14(16)10-9-12-8-7-11-5-3-4-6-13(11)15(12)17/h3-8,17H,2H2,1H3. The Kier molecular flexibility index (Phi) is 3.49. The summed E-state index contributed by atoms with van der Waals surface area (Å²) in [6, 6.07) is 11.0. The van der Waals surface area contributed by atoms with Crippen LogP contribution in [-0.4, -0.2) is 17.7 Å². The molecule has 0 radical (unpaired) electrons. The lowest BCUT2D eigenvalue weighted by molar-refractivity contribution is -0.136. The molecule has 0 atom stereocenters. The second-order valence-corrected chi connectivity index (χ2v) is 3.65. The Balaban J connectivity index is 2.40. The van der Waals surface area contributed by atoms with Gasteiger partial charge in [0.2, 0.25) is 0 Å². The van der Waals surface area contributed by atoms with Crippen LogP contribution in [0.15, 0.2) is 36.4 Å². The van der Waals surface area contributed by atoms with E-state index in [2.05, 4.69) is 11.8 Å². The van der Waals surface area contributed by atoms with E-state index in [9.17, 15) is 9.90 Å². The van der Waals surface area contributed by atoms with Gasteiger partial charge in [0.1, 0.15) is 5.75 Å². The first-order chi connectivity index (χ1) is 8.72. The Morgan fingerprint density at radius 3 is 2.83 bits per heavy atom. The van der Waals surface area contributed by atoms with Crippen molar-refractivity contribution >= 4 is 16.7 Å². The highest BCUT2D eigenvalue weighted by Crippen LogP contribution is 2.27. The molecule has 0 fully saturated rings. The van der Waals surface area contributed by atoms with Crippen LogP contribution in [0.4, 0.5) is 0 Å². The van der Waals surface area contributed by atoms with Gasteiger partial charge in [-0.1, -0.05) is 36.3 Å². The second kappa shape index (κ2) is 5.24. The number of benzene rings is 2. The lowest BCUT2D eigenvalue weighted by atomic mass is 10.1. The lowest BCUT2D eigenvalue weighted by Crippen LogP contribution is -1.99. The van der Waals surface area contributed by atoms with Crippen molar-refractivity contribution in [3.05, 3.63) is 42.0 Å². The van der Waals surface area contributed by atoms with Crippen molar-refractivity contribution in [3.63, 3.8) is 0 Å². The number of rotatable bonds is 1. The van der Waals surface area contributed by atoms with Crippen molar-refractivity contribution in [1.29, 1.82) is 0 Å². The van der Waals surface area contributed by atoms with Crippen molar-refractivity contribution in [2.45, 2.75) is 6.92 Å². The summed E-state index contributed by atoms with van der Waals surface area (Å²) in [7, 11) is 0. The van der Waals surface area contributed by atoms with Crippen molar-refractivity contribution in [2.75, 3.05) is 6.61 Å². The number of phenols is 1. The number of fused-ring (bicyclic) bond motifs is 1. The van der Waals surface area contributed by atoms with E-state index in [0.29, 0.717) is 10.9 Å². The molecule has 3 heteroatoms. The van der Waals surface area contributed by atoms with Crippen molar-refractivity contribution < 1.29 is 14.6 Å². The van der Waals surface area contributed by atoms with Crippen LogP contribution in [0, 0.1) is 11.8 Å². The molecule has 0 aliphatic heterocycles. The Morgan fingerprint density at radius 1 is 1.28 bits per heavy atom. The monoisotopic (exact) mass is 240 g/mol. The molecule has 0 spiro atoms. The molecule has 0 unspecified atom stereocenters. The first-order valence-electron chi connectivity index (χ1n) is 5.62. The molecule has 2 rings (SSSR count). The maximum Gasteiger partial charge on any atom is 0.384 e. The van der Waals surface area contributed by atoms with E-state index in [4.69, 9.17) is 4.74 Å². The average molecular weight is 240 g/mol. The van der Waals surface area contributed by atoms with Gasteiger partial charge in [-0.25, -0.2) is 4.79 Å². The lowest BCUT2D eigenvalue weighted by Gasteiger charge is -2.02. The minimum Gasteiger partial charge on any atom is -0.506 e. The maximum absolute atomic E-state index is 11.1. The van der Waals surface area contributed by atoms with Crippen molar-refractivity contribution in [2.24, 2.45) is 0 Å². The van der Waals surface area contributed by atoms with Gasteiger partial charge in [-0.3, -0.25) is 0 Å². The average Bonchev–Trinajstić information content (AvgIpc) is 2.39. The number of hydrogen-bond donors (Lipinski definition) is 1. The van der Waals surface area contributed by atoms with Gasteiger partial charge in [0.05, 0.1) is 12.2 Å². The molecule has 0 aliphatic carbocycles. The first kappa shape index (κ1) is 12.0. The van der Waals surface area contributed by atoms with Crippen molar-refractivity contribution in [3.8, 4) is 17.6 Å². The zero-order valence-corrected chi connectivity index (χ0v) is 9.93. The van der Waals surface area contributed by atoms with Crippen LogP contribution in [0.3, 0.4) is 0 Å². The molecule has 0 aromatic heterocycles. The van der Waals surface area contributed by atoms with Gasteiger partial charge in [-0.05, 0) is 18.4 Å². The summed E-state index contributed by atoms with van der Waals surface area (Å²) in [4.78, 5) is 11.1. The zero-order chi connectivity index (χ0) is 13.0. The molecule has 0 heterocycles. The number of carbonyl (C=O) groups is 1. The van der Waals surface area contributed by atoms with E-state index in [-0.39, 0.29) is 12.4 Å². The highest BCUT2D eigenvalue weighted by molar-refractivity contribution is 5.92. The fraction of sp³-hybridized carbons (Fsp3) is 0.133. The van der Waals surface area contributed by atoms with E-state index in [1.165, 1.54) is 0 Å². The number of phenolic OH excluding ortho intramolecular Hbond substituents is 1. The minimum atomic E-state index is -0.593. The summed E-state index contributed by atoms with van der Waals surface area (Å²) >= 11 is 0. The molecule has 0 amide bonds. The molecular weight excluding hydrogens is 228 g/mol. The molecule has 18 heavy (non-hydrogen) atoms. The second-order valence-electron chi connectivity index (χ2n) is 3.65. The van der Waals surface area contributed by atoms with E-state index >= 15 is 0 Å². The van der Waals surface area contributed by atoms with Crippen LogP contribution >= 0.6 is 0 Å². The Labute approximate surface area is 105 Å². The van der Waals surface area contributed by atoms with Crippen LogP contribution in [0.2, 0.25) is 0 Å². The summed E-state index contributed by atoms with van der Waals surface area (Å²) in [5.41, 5.74) is 0.418. The molecular formula is C15H12O3. The molecule has 2 aromatic carbocycles. The summed E-state index contributed by atoms with van der Waals surface area (Å²) in [5.74, 6) is 4.44. The fourth-order valence-electron chi connectivity index (χ4n) is 1.64. The molecule has 90 valence electrons. The van der Waals surface area contributed by atoms with E-state index in [1.54, 1.807) is 19.1 Å².